The molecule has 168 valence electrons. The summed E-state index contributed by atoms with van der Waals surface area (Å²) in [4.78, 5) is 39.0. The van der Waals surface area contributed by atoms with Gasteiger partial charge in [-0.2, -0.15) is 0 Å². The Hall–Kier alpha value is -3.55. The van der Waals surface area contributed by atoms with E-state index in [1.54, 1.807) is 19.1 Å². The first-order valence-electron chi connectivity index (χ1n) is 10.7. The van der Waals surface area contributed by atoms with E-state index in [0.717, 1.165) is 16.9 Å². The van der Waals surface area contributed by atoms with Crippen molar-refractivity contribution in [2.24, 2.45) is 0 Å². The number of imide groups is 1. The highest BCUT2D eigenvalue weighted by Crippen LogP contribution is 2.34. The SMILES string of the molecule is CC[C@H](C)c1ccc(NC(=O)CN2C(=O)N[C@@](C)(Cc3ccc4c(c3)OCO4)C2=O)cc1. The minimum atomic E-state index is -1.15. The maximum absolute atomic E-state index is 13.0. The van der Waals surface area contributed by atoms with Crippen molar-refractivity contribution in [3.05, 3.63) is 53.6 Å². The number of carbonyl (C=O) groups excluding carboxylic acids is 3. The van der Waals surface area contributed by atoms with Gasteiger partial charge in [0.05, 0.1) is 0 Å². The van der Waals surface area contributed by atoms with Gasteiger partial charge in [-0.25, -0.2) is 4.79 Å². The van der Waals surface area contributed by atoms with Crippen LogP contribution in [0.15, 0.2) is 42.5 Å². The molecule has 8 nitrogen and oxygen atoms in total. The number of hydrogen-bond acceptors (Lipinski definition) is 5. The van der Waals surface area contributed by atoms with Crippen LogP contribution in [0.4, 0.5) is 10.5 Å². The molecule has 4 rings (SSSR count). The first-order valence-corrected chi connectivity index (χ1v) is 10.7. The molecule has 0 spiro atoms. The summed E-state index contributed by atoms with van der Waals surface area (Å²) in [6.45, 7) is 5.73. The Kier molecular flexibility index (Phi) is 5.78. The fourth-order valence-corrected chi connectivity index (χ4v) is 3.94. The third kappa shape index (κ3) is 4.26. The second kappa shape index (κ2) is 8.53. The van der Waals surface area contributed by atoms with Gasteiger partial charge in [-0.05, 0) is 54.7 Å². The van der Waals surface area contributed by atoms with Gasteiger partial charge in [-0.3, -0.25) is 14.5 Å². The van der Waals surface area contributed by atoms with Crippen LogP contribution in [0.3, 0.4) is 0 Å². The molecule has 2 N–H and O–H groups in total. The molecule has 1 saturated heterocycles. The summed E-state index contributed by atoms with van der Waals surface area (Å²) in [6, 6.07) is 12.4. The summed E-state index contributed by atoms with van der Waals surface area (Å²) in [5, 5.41) is 5.48. The Morgan fingerprint density at radius 3 is 2.59 bits per heavy atom. The summed E-state index contributed by atoms with van der Waals surface area (Å²) in [5.41, 5.74) is 1.48. The number of ether oxygens (including phenoxy) is 2. The molecule has 2 aromatic carbocycles. The zero-order chi connectivity index (χ0) is 22.9. The number of benzene rings is 2. The normalized spacial score (nSPS) is 20.3. The summed E-state index contributed by atoms with van der Waals surface area (Å²) in [5.74, 6) is 0.822. The molecule has 0 unspecified atom stereocenters. The molecule has 2 aliphatic heterocycles. The molecule has 1 fully saturated rings. The van der Waals surface area contributed by atoms with Crippen LogP contribution in [0.2, 0.25) is 0 Å². The molecule has 2 heterocycles. The van der Waals surface area contributed by atoms with Crippen molar-refractivity contribution in [1.82, 2.24) is 10.2 Å². The highest BCUT2D eigenvalue weighted by molar-refractivity contribution is 6.10. The van der Waals surface area contributed by atoms with Gasteiger partial charge in [-0.15, -0.1) is 0 Å². The van der Waals surface area contributed by atoms with E-state index in [4.69, 9.17) is 9.47 Å². The predicted molar refractivity (Wildman–Crippen MR) is 119 cm³/mol. The Morgan fingerprint density at radius 1 is 1.16 bits per heavy atom. The second-order valence-electron chi connectivity index (χ2n) is 8.50. The molecule has 0 radical (unpaired) electrons. The zero-order valence-corrected chi connectivity index (χ0v) is 18.4. The van der Waals surface area contributed by atoms with Crippen LogP contribution >= 0.6 is 0 Å². The van der Waals surface area contributed by atoms with E-state index in [9.17, 15) is 14.4 Å². The smallest absolute Gasteiger partial charge is 0.325 e. The molecule has 2 atom stereocenters. The fraction of sp³-hybridized carbons (Fsp3) is 0.375. The lowest BCUT2D eigenvalue weighted by molar-refractivity contribution is -0.133. The van der Waals surface area contributed by atoms with Crippen molar-refractivity contribution >= 4 is 23.5 Å². The standard InChI is InChI=1S/C24H27N3O5/c1-4-15(2)17-6-8-18(9-7-17)25-21(28)13-27-22(29)24(3,26-23(27)30)12-16-5-10-19-20(11-16)32-14-31-19/h5-11,15H,4,12-14H2,1-3H3,(H,25,28)(H,26,30)/t15-,24-/m0/s1. The number of nitrogens with one attached hydrogen (secondary N) is 2. The van der Waals surface area contributed by atoms with Gasteiger partial charge in [0.1, 0.15) is 12.1 Å². The number of amides is 4. The highest BCUT2D eigenvalue weighted by Gasteiger charge is 2.48. The molecule has 0 saturated carbocycles. The number of hydrogen-bond donors (Lipinski definition) is 2. The van der Waals surface area contributed by atoms with Crippen LogP contribution in [0.25, 0.3) is 0 Å². The first-order chi connectivity index (χ1) is 15.3. The molecule has 2 aromatic rings. The lowest BCUT2D eigenvalue weighted by Crippen LogP contribution is -2.46. The van der Waals surface area contributed by atoms with Crippen LogP contribution < -0.4 is 20.1 Å². The molecule has 32 heavy (non-hydrogen) atoms. The number of carbonyl (C=O) groups is 3. The molecule has 2 aliphatic rings. The third-order valence-electron chi connectivity index (χ3n) is 6.02. The lowest BCUT2D eigenvalue weighted by Gasteiger charge is -2.22. The van der Waals surface area contributed by atoms with E-state index in [2.05, 4.69) is 24.5 Å². The molecular weight excluding hydrogens is 410 g/mol. The number of rotatable bonds is 7. The van der Waals surface area contributed by atoms with E-state index in [1.165, 1.54) is 5.56 Å². The van der Waals surface area contributed by atoms with Crippen LogP contribution in [-0.4, -0.2) is 41.6 Å². The van der Waals surface area contributed by atoms with Crippen molar-refractivity contribution in [2.75, 3.05) is 18.7 Å². The number of anilines is 1. The van der Waals surface area contributed by atoms with Gasteiger partial charge in [0.2, 0.25) is 12.7 Å². The van der Waals surface area contributed by atoms with Crippen molar-refractivity contribution < 1.29 is 23.9 Å². The number of fused-ring (bicyclic) bond motifs is 1. The molecule has 0 bridgehead atoms. The Bertz CT molecular complexity index is 1050. The van der Waals surface area contributed by atoms with Crippen molar-refractivity contribution in [1.29, 1.82) is 0 Å². The average Bonchev–Trinajstić information content (AvgIpc) is 3.31. The lowest BCUT2D eigenvalue weighted by atomic mass is 9.92. The van der Waals surface area contributed by atoms with Gasteiger partial charge in [-0.1, -0.05) is 32.0 Å². The number of nitrogens with zero attached hydrogens (tertiary/aromatic N) is 1. The quantitative estimate of drug-likeness (QED) is 0.647. The number of urea groups is 1. The second-order valence-corrected chi connectivity index (χ2v) is 8.50. The predicted octanol–water partition coefficient (Wildman–Crippen LogP) is 3.42. The molecule has 0 aliphatic carbocycles. The van der Waals surface area contributed by atoms with Crippen molar-refractivity contribution in [3.8, 4) is 11.5 Å². The fourth-order valence-electron chi connectivity index (χ4n) is 3.94. The zero-order valence-electron chi connectivity index (χ0n) is 18.4. The Morgan fingerprint density at radius 2 is 1.88 bits per heavy atom. The summed E-state index contributed by atoms with van der Waals surface area (Å²) in [7, 11) is 0. The van der Waals surface area contributed by atoms with Crippen molar-refractivity contribution in [3.63, 3.8) is 0 Å². The van der Waals surface area contributed by atoms with Gasteiger partial charge in [0.15, 0.2) is 11.5 Å². The van der Waals surface area contributed by atoms with Gasteiger partial charge in [0.25, 0.3) is 5.91 Å². The monoisotopic (exact) mass is 437 g/mol. The average molecular weight is 437 g/mol. The molecule has 4 amide bonds. The molecule has 0 aromatic heterocycles. The van der Waals surface area contributed by atoms with E-state index in [0.29, 0.717) is 23.1 Å². The largest absolute Gasteiger partial charge is 0.454 e. The van der Waals surface area contributed by atoms with Crippen molar-refractivity contribution in [2.45, 2.75) is 45.1 Å². The van der Waals surface area contributed by atoms with E-state index in [-0.39, 0.29) is 19.8 Å². The van der Waals surface area contributed by atoms with Crippen LogP contribution in [0, 0.1) is 0 Å². The van der Waals surface area contributed by atoms with Crippen LogP contribution in [-0.2, 0) is 16.0 Å². The van der Waals surface area contributed by atoms with E-state index < -0.39 is 23.4 Å². The van der Waals surface area contributed by atoms with Crippen LogP contribution in [0.1, 0.15) is 44.2 Å². The molecule has 8 heteroatoms. The highest BCUT2D eigenvalue weighted by atomic mass is 16.7. The topological polar surface area (TPSA) is 97.0 Å². The Balaban J connectivity index is 1.39. The maximum atomic E-state index is 13.0. The van der Waals surface area contributed by atoms with E-state index >= 15 is 0 Å². The van der Waals surface area contributed by atoms with E-state index in [1.807, 2.05) is 30.3 Å². The summed E-state index contributed by atoms with van der Waals surface area (Å²) >= 11 is 0. The van der Waals surface area contributed by atoms with Gasteiger partial charge in [0, 0.05) is 12.1 Å². The third-order valence-corrected chi connectivity index (χ3v) is 6.02. The molecular formula is C24H27N3O5. The van der Waals surface area contributed by atoms with Gasteiger partial charge < -0.3 is 20.1 Å². The maximum Gasteiger partial charge on any atom is 0.325 e. The first kappa shape index (κ1) is 21.7. The minimum Gasteiger partial charge on any atom is -0.454 e. The summed E-state index contributed by atoms with van der Waals surface area (Å²) < 4.78 is 10.7. The van der Waals surface area contributed by atoms with Crippen LogP contribution in [0.5, 0.6) is 11.5 Å². The Labute approximate surface area is 186 Å². The van der Waals surface area contributed by atoms with Gasteiger partial charge >= 0.3 is 6.03 Å². The minimum absolute atomic E-state index is 0.162. The summed E-state index contributed by atoms with van der Waals surface area (Å²) in [6.07, 6.45) is 1.30.